The molecule has 0 aliphatic rings. The average molecular weight is 205 g/mol. The van der Waals surface area contributed by atoms with Crippen LogP contribution in [0.5, 0.6) is 0 Å². The Morgan fingerprint density at radius 1 is 1.31 bits per heavy atom. The van der Waals surface area contributed by atoms with Crippen molar-refractivity contribution in [2.24, 2.45) is 5.73 Å². The van der Waals surface area contributed by atoms with Crippen LogP contribution in [0.1, 0.15) is 27.2 Å². The molecule has 1 atom stereocenters. The zero-order valence-corrected chi connectivity index (χ0v) is 9.39. The van der Waals surface area contributed by atoms with Gasteiger partial charge in [0.1, 0.15) is 11.1 Å². The number of hydrogen-bond acceptors (Lipinski definition) is 3. The SMILES string of the molecule is CCC(OCCOC(C)C)C(N)=S. The van der Waals surface area contributed by atoms with E-state index in [2.05, 4.69) is 0 Å². The van der Waals surface area contributed by atoms with Crippen LogP contribution in [-0.4, -0.2) is 30.4 Å². The summed E-state index contributed by atoms with van der Waals surface area (Å²) in [5, 5.41) is 0. The summed E-state index contributed by atoms with van der Waals surface area (Å²) in [6.45, 7) is 7.12. The van der Waals surface area contributed by atoms with Crippen molar-refractivity contribution < 1.29 is 9.47 Å². The predicted octanol–water partition coefficient (Wildman–Crippen LogP) is 1.49. The molecule has 0 rings (SSSR count). The highest BCUT2D eigenvalue weighted by Gasteiger charge is 2.08. The van der Waals surface area contributed by atoms with Gasteiger partial charge in [-0.3, -0.25) is 0 Å². The molecule has 0 heterocycles. The Morgan fingerprint density at radius 2 is 1.85 bits per heavy atom. The molecule has 4 heteroatoms. The fourth-order valence-electron chi connectivity index (χ4n) is 0.875. The minimum Gasteiger partial charge on any atom is -0.391 e. The van der Waals surface area contributed by atoms with Crippen LogP contribution in [0.3, 0.4) is 0 Å². The van der Waals surface area contributed by atoms with E-state index in [1.165, 1.54) is 0 Å². The van der Waals surface area contributed by atoms with Crippen molar-refractivity contribution in [1.29, 1.82) is 0 Å². The van der Waals surface area contributed by atoms with Crippen molar-refractivity contribution in [3.8, 4) is 0 Å². The highest BCUT2D eigenvalue weighted by molar-refractivity contribution is 7.80. The molecule has 78 valence electrons. The molecule has 0 amide bonds. The third-order valence-electron chi connectivity index (χ3n) is 1.54. The smallest absolute Gasteiger partial charge is 0.107 e. The summed E-state index contributed by atoms with van der Waals surface area (Å²) in [5.74, 6) is 0. The van der Waals surface area contributed by atoms with Crippen LogP contribution in [0.2, 0.25) is 0 Å². The minimum absolute atomic E-state index is 0.106. The van der Waals surface area contributed by atoms with Crippen molar-refractivity contribution >= 4 is 17.2 Å². The molecule has 0 aromatic carbocycles. The van der Waals surface area contributed by atoms with Gasteiger partial charge < -0.3 is 15.2 Å². The summed E-state index contributed by atoms with van der Waals surface area (Å²) >= 11 is 4.83. The first-order valence-electron chi connectivity index (χ1n) is 4.60. The Hall–Kier alpha value is -0.190. The Labute approximate surface area is 85.6 Å². The molecule has 2 N–H and O–H groups in total. The van der Waals surface area contributed by atoms with Crippen molar-refractivity contribution in [3.05, 3.63) is 0 Å². The van der Waals surface area contributed by atoms with Crippen LogP contribution >= 0.6 is 12.2 Å². The lowest BCUT2D eigenvalue weighted by molar-refractivity contribution is 0.00634. The van der Waals surface area contributed by atoms with Crippen LogP contribution in [0, 0.1) is 0 Å². The van der Waals surface area contributed by atoms with Gasteiger partial charge in [-0.1, -0.05) is 19.1 Å². The van der Waals surface area contributed by atoms with Crippen LogP contribution < -0.4 is 5.73 Å². The van der Waals surface area contributed by atoms with E-state index < -0.39 is 0 Å². The number of rotatable bonds is 7. The molecule has 0 radical (unpaired) electrons. The highest BCUT2D eigenvalue weighted by atomic mass is 32.1. The summed E-state index contributed by atoms with van der Waals surface area (Å²) in [4.78, 5) is 0.423. The lowest BCUT2D eigenvalue weighted by Crippen LogP contribution is -2.30. The summed E-state index contributed by atoms with van der Waals surface area (Å²) in [7, 11) is 0. The van der Waals surface area contributed by atoms with Gasteiger partial charge in [0.2, 0.25) is 0 Å². The Balaban J connectivity index is 3.44. The van der Waals surface area contributed by atoms with E-state index in [-0.39, 0.29) is 12.2 Å². The molecule has 0 saturated heterocycles. The molecular weight excluding hydrogens is 186 g/mol. The molecule has 3 nitrogen and oxygen atoms in total. The quantitative estimate of drug-likeness (QED) is 0.505. The highest BCUT2D eigenvalue weighted by Crippen LogP contribution is 1.98. The molecule has 1 unspecified atom stereocenters. The second kappa shape index (κ2) is 7.24. The van der Waals surface area contributed by atoms with E-state index in [1.54, 1.807) is 0 Å². The summed E-state index contributed by atoms with van der Waals surface area (Å²) < 4.78 is 10.7. The van der Waals surface area contributed by atoms with Crippen LogP contribution in [0.15, 0.2) is 0 Å². The number of ether oxygens (including phenoxy) is 2. The van der Waals surface area contributed by atoms with Crippen molar-refractivity contribution in [3.63, 3.8) is 0 Å². The standard InChI is InChI=1S/C9H19NO2S/c1-4-8(9(10)13)12-6-5-11-7(2)3/h7-8H,4-6H2,1-3H3,(H2,10,13). The molecular formula is C9H19NO2S. The maximum atomic E-state index is 5.45. The molecule has 13 heavy (non-hydrogen) atoms. The largest absolute Gasteiger partial charge is 0.391 e. The Bertz CT molecular complexity index is 151. The van der Waals surface area contributed by atoms with E-state index >= 15 is 0 Å². The van der Waals surface area contributed by atoms with Gasteiger partial charge >= 0.3 is 0 Å². The zero-order chi connectivity index (χ0) is 10.3. The third-order valence-corrected chi connectivity index (χ3v) is 1.80. The van der Waals surface area contributed by atoms with E-state index in [9.17, 15) is 0 Å². The number of hydrogen-bond donors (Lipinski definition) is 1. The maximum absolute atomic E-state index is 5.45. The maximum Gasteiger partial charge on any atom is 0.107 e. The van der Waals surface area contributed by atoms with Gasteiger partial charge in [-0.15, -0.1) is 0 Å². The fraction of sp³-hybridized carbons (Fsp3) is 0.889. The van der Waals surface area contributed by atoms with Crippen molar-refractivity contribution in [2.75, 3.05) is 13.2 Å². The van der Waals surface area contributed by atoms with Gasteiger partial charge in [0.25, 0.3) is 0 Å². The first-order valence-corrected chi connectivity index (χ1v) is 5.01. The first kappa shape index (κ1) is 12.8. The monoisotopic (exact) mass is 205 g/mol. The van der Waals surface area contributed by atoms with Gasteiger partial charge in [0.05, 0.1) is 19.3 Å². The summed E-state index contributed by atoms with van der Waals surface area (Å²) in [5.41, 5.74) is 5.45. The van der Waals surface area contributed by atoms with Crippen LogP contribution in [0.4, 0.5) is 0 Å². The minimum atomic E-state index is -0.106. The molecule has 0 aliphatic carbocycles. The molecule has 0 bridgehead atoms. The average Bonchev–Trinajstić information content (AvgIpc) is 2.03. The van der Waals surface area contributed by atoms with Gasteiger partial charge in [0, 0.05) is 0 Å². The second-order valence-corrected chi connectivity index (χ2v) is 3.56. The molecule has 0 aromatic heterocycles. The van der Waals surface area contributed by atoms with Gasteiger partial charge in [-0.25, -0.2) is 0 Å². The van der Waals surface area contributed by atoms with Gasteiger partial charge in [0.15, 0.2) is 0 Å². The number of nitrogens with two attached hydrogens (primary N) is 1. The van der Waals surface area contributed by atoms with Gasteiger partial charge in [-0.05, 0) is 20.3 Å². The normalized spacial score (nSPS) is 13.2. The lowest BCUT2D eigenvalue weighted by atomic mass is 10.3. The predicted molar refractivity (Wildman–Crippen MR) is 57.9 cm³/mol. The van der Waals surface area contributed by atoms with Gasteiger partial charge in [-0.2, -0.15) is 0 Å². The Kier molecular flexibility index (Phi) is 7.13. The van der Waals surface area contributed by atoms with E-state index in [0.29, 0.717) is 18.2 Å². The van der Waals surface area contributed by atoms with E-state index in [4.69, 9.17) is 27.4 Å². The van der Waals surface area contributed by atoms with E-state index in [1.807, 2.05) is 20.8 Å². The Morgan fingerprint density at radius 3 is 2.23 bits per heavy atom. The molecule has 0 spiro atoms. The molecule has 0 aliphatic heterocycles. The molecule has 0 saturated carbocycles. The third kappa shape index (κ3) is 6.93. The number of thiocarbonyl (C=S) groups is 1. The van der Waals surface area contributed by atoms with E-state index in [0.717, 1.165) is 6.42 Å². The van der Waals surface area contributed by atoms with Crippen LogP contribution in [0.25, 0.3) is 0 Å². The van der Waals surface area contributed by atoms with Crippen LogP contribution in [-0.2, 0) is 9.47 Å². The molecule has 0 aromatic rings. The van der Waals surface area contributed by atoms with Crippen molar-refractivity contribution in [2.45, 2.75) is 39.4 Å². The van der Waals surface area contributed by atoms with Crippen molar-refractivity contribution in [1.82, 2.24) is 0 Å². The first-order chi connectivity index (χ1) is 6.07. The fourth-order valence-corrected chi connectivity index (χ4v) is 1.11. The lowest BCUT2D eigenvalue weighted by Gasteiger charge is -2.15. The summed E-state index contributed by atoms with van der Waals surface area (Å²) in [6.07, 6.45) is 0.955. The zero-order valence-electron chi connectivity index (χ0n) is 8.58. The second-order valence-electron chi connectivity index (χ2n) is 3.09. The summed E-state index contributed by atoms with van der Waals surface area (Å²) in [6, 6.07) is 0. The molecule has 0 fully saturated rings. The topological polar surface area (TPSA) is 44.5 Å².